The van der Waals surface area contributed by atoms with Gasteiger partial charge in [-0.2, -0.15) is 0 Å². The number of hydrazine groups is 1. The number of hydrogen-bond acceptors (Lipinski definition) is 3. The number of amides is 1. The zero-order valence-corrected chi connectivity index (χ0v) is 9.66. The van der Waals surface area contributed by atoms with E-state index in [0.29, 0.717) is 12.3 Å². The zero-order chi connectivity index (χ0) is 11.3. The summed E-state index contributed by atoms with van der Waals surface area (Å²) in [6.45, 7) is 4.17. The largest absolute Gasteiger partial charge is 0.365 e. The molecule has 0 aromatic heterocycles. The lowest BCUT2D eigenvalue weighted by atomic mass is 9.88. The minimum atomic E-state index is -0.384. The summed E-state index contributed by atoms with van der Waals surface area (Å²) in [5.41, 5.74) is 2.15. The maximum absolute atomic E-state index is 11.3. The van der Waals surface area contributed by atoms with Crippen molar-refractivity contribution in [3.05, 3.63) is 0 Å². The number of rotatable bonds is 4. The standard InChI is InChI=1S/C11H22N2O2/c1-3-10(11(14)13-12)15-9-6-4-5-8(2)7-9/h8-10H,3-7,12H2,1-2H3,(H,13,14). The van der Waals surface area contributed by atoms with Gasteiger partial charge in [0.1, 0.15) is 6.10 Å². The Morgan fingerprint density at radius 1 is 1.60 bits per heavy atom. The van der Waals surface area contributed by atoms with Crippen molar-refractivity contribution in [3.8, 4) is 0 Å². The van der Waals surface area contributed by atoms with Crippen LogP contribution in [0.15, 0.2) is 0 Å². The van der Waals surface area contributed by atoms with Gasteiger partial charge in [-0.1, -0.05) is 26.7 Å². The van der Waals surface area contributed by atoms with Crippen LogP contribution in [0.5, 0.6) is 0 Å². The molecule has 0 bridgehead atoms. The molecule has 0 aliphatic heterocycles. The third-order valence-corrected chi connectivity index (χ3v) is 3.05. The van der Waals surface area contributed by atoms with Gasteiger partial charge in [-0.3, -0.25) is 10.2 Å². The van der Waals surface area contributed by atoms with Crippen molar-refractivity contribution in [3.63, 3.8) is 0 Å². The molecular weight excluding hydrogens is 192 g/mol. The summed E-state index contributed by atoms with van der Waals surface area (Å²) in [5, 5.41) is 0. The first-order valence-corrected chi connectivity index (χ1v) is 5.83. The van der Waals surface area contributed by atoms with E-state index < -0.39 is 0 Å². The Labute approximate surface area is 91.5 Å². The molecule has 0 aromatic carbocycles. The van der Waals surface area contributed by atoms with Crippen LogP contribution in [0.1, 0.15) is 46.0 Å². The molecule has 3 atom stereocenters. The Morgan fingerprint density at radius 3 is 2.87 bits per heavy atom. The second-order valence-corrected chi connectivity index (χ2v) is 4.44. The fourth-order valence-corrected chi connectivity index (χ4v) is 2.17. The molecule has 3 N–H and O–H groups in total. The van der Waals surface area contributed by atoms with E-state index in [4.69, 9.17) is 10.6 Å². The molecular formula is C11H22N2O2. The van der Waals surface area contributed by atoms with Gasteiger partial charge in [0.25, 0.3) is 5.91 Å². The lowest BCUT2D eigenvalue weighted by Crippen LogP contribution is -2.42. The molecule has 1 aliphatic rings. The normalized spacial score (nSPS) is 28.5. The average Bonchev–Trinajstić information content (AvgIpc) is 2.25. The SMILES string of the molecule is CCC(OC1CCCC(C)C1)C(=O)NN. The maximum atomic E-state index is 11.3. The van der Waals surface area contributed by atoms with Gasteiger partial charge < -0.3 is 4.74 Å². The van der Waals surface area contributed by atoms with E-state index in [2.05, 4.69) is 12.3 Å². The topological polar surface area (TPSA) is 64.3 Å². The number of carbonyl (C=O) groups is 1. The molecule has 1 rings (SSSR count). The zero-order valence-electron chi connectivity index (χ0n) is 9.66. The molecule has 0 radical (unpaired) electrons. The first-order chi connectivity index (χ1) is 7.17. The van der Waals surface area contributed by atoms with Crippen molar-refractivity contribution < 1.29 is 9.53 Å². The second-order valence-electron chi connectivity index (χ2n) is 4.44. The van der Waals surface area contributed by atoms with Gasteiger partial charge in [0.2, 0.25) is 0 Å². The van der Waals surface area contributed by atoms with Crippen molar-refractivity contribution in [2.45, 2.75) is 58.2 Å². The van der Waals surface area contributed by atoms with Crippen LogP contribution in [0.2, 0.25) is 0 Å². The summed E-state index contributed by atoms with van der Waals surface area (Å²) in [4.78, 5) is 11.3. The van der Waals surface area contributed by atoms with Crippen LogP contribution < -0.4 is 11.3 Å². The lowest BCUT2D eigenvalue weighted by Gasteiger charge is -2.29. The van der Waals surface area contributed by atoms with Gasteiger partial charge >= 0.3 is 0 Å². The second kappa shape index (κ2) is 6.08. The summed E-state index contributed by atoms with van der Waals surface area (Å²) >= 11 is 0. The van der Waals surface area contributed by atoms with Crippen molar-refractivity contribution >= 4 is 5.91 Å². The third-order valence-electron chi connectivity index (χ3n) is 3.05. The van der Waals surface area contributed by atoms with Gasteiger partial charge in [-0.05, 0) is 25.2 Å². The first-order valence-electron chi connectivity index (χ1n) is 5.83. The number of hydrogen-bond donors (Lipinski definition) is 2. The molecule has 3 unspecified atom stereocenters. The highest BCUT2D eigenvalue weighted by Crippen LogP contribution is 2.26. The number of nitrogens with one attached hydrogen (secondary N) is 1. The molecule has 1 aliphatic carbocycles. The Kier molecular flexibility index (Phi) is 5.05. The molecule has 15 heavy (non-hydrogen) atoms. The van der Waals surface area contributed by atoms with E-state index >= 15 is 0 Å². The Bertz CT molecular complexity index is 209. The predicted molar refractivity (Wildman–Crippen MR) is 58.9 cm³/mol. The highest BCUT2D eigenvalue weighted by Gasteiger charge is 2.25. The molecule has 0 heterocycles. The molecule has 1 fully saturated rings. The Morgan fingerprint density at radius 2 is 2.33 bits per heavy atom. The summed E-state index contributed by atoms with van der Waals surface area (Å²) < 4.78 is 5.77. The fourth-order valence-electron chi connectivity index (χ4n) is 2.17. The van der Waals surface area contributed by atoms with Crippen LogP contribution >= 0.6 is 0 Å². The first kappa shape index (κ1) is 12.5. The van der Waals surface area contributed by atoms with E-state index in [9.17, 15) is 4.79 Å². The molecule has 88 valence electrons. The summed E-state index contributed by atoms with van der Waals surface area (Å²) in [5.74, 6) is 5.60. The number of nitrogens with two attached hydrogens (primary N) is 1. The molecule has 4 heteroatoms. The van der Waals surface area contributed by atoms with Crippen molar-refractivity contribution in [2.24, 2.45) is 11.8 Å². The summed E-state index contributed by atoms with van der Waals surface area (Å²) in [6, 6.07) is 0. The lowest BCUT2D eigenvalue weighted by molar-refractivity contribution is -0.139. The molecule has 0 spiro atoms. The highest BCUT2D eigenvalue weighted by atomic mass is 16.5. The Hall–Kier alpha value is -0.610. The van der Waals surface area contributed by atoms with Crippen molar-refractivity contribution in [1.29, 1.82) is 0 Å². The highest BCUT2D eigenvalue weighted by molar-refractivity contribution is 5.80. The smallest absolute Gasteiger partial charge is 0.262 e. The van der Waals surface area contributed by atoms with Crippen LogP contribution in [0.25, 0.3) is 0 Å². The Balaban J connectivity index is 2.40. The monoisotopic (exact) mass is 214 g/mol. The van der Waals surface area contributed by atoms with Crippen molar-refractivity contribution in [1.82, 2.24) is 5.43 Å². The van der Waals surface area contributed by atoms with E-state index in [1.807, 2.05) is 6.92 Å². The van der Waals surface area contributed by atoms with Crippen molar-refractivity contribution in [2.75, 3.05) is 0 Å². The molecule has 1 saturated carbocycles. The van der Waals surface area contributed by atoms with Gasteiger partial charge in [0.15, 0.2) is 0 Å². The minimum absolute atomic E-state index is 0.212. The number of ether oxygens (including phenoxy) is 1. The van der Waals surface area contributed by atoms with E-state index in [0.717, 1.165) is 12.8 Å². The van der Waals surface area contributed by atoms with Gasteiger partial charge in [-0.15, -0.1) is 0 Å². The van der Waals surface area contributed by atoms with Gasteiger partial charge in [-0.25, -0.2) is 5.84 Å². The van der Waals surface area contributed by atoms with Gasteiger partial charge in [0, 0.05) is 0 Å². The van der Waals surface area contributed by atoms with Crippen LogP contribution in [0, 0.1) is 5.92 Å². The average molecular weight is 214 g/mol. The van der Waals surface area contributed by atoms with E-state index in [1.54, 1.807) is 0 Å². The molecule has 0 aromatic rings. The third kappa shape index (κ3) is 3.80. The van der Waals surface area contributed by atoms with E-state index in [-0.39, 0.29) is 18.1 Å². The fraction of sp³-hybridized carbons (Fsp3) is 0.909. The summed E-state index contributed by atoms with van der Waals surface area (Å²) in [7, 11) is 0. The molecule has 4 nitrogen and oxygen atoms in total. The van der Waals surface area contributed by atoms with Crippen LogP contribution in [-0.4, -0.2) is 18.1 Å². The van der Waals surface area contributed by atoms with E-state index in [1.165, 1.54) is 12.8 Å². The van der Waals surface area contributed by atoms with Crippen LogP contribution in [0.4, 0.5) is 0 Å². The summed E-state index contributed by atoms with van der Waals surface area (Å²) in [6.07, 6.45) is 5.13. The van der Waals surface area contributed by atoms with Gasteiger partial charge in [0.05, 0.1) is 6.10 Å². The maximum Gasteiger partial charge on any atom is 0.262 e. The quantitative estimate of drug-likeness (QED) is 0.422. The molecule has 0 saturated heterocycles. The van der Waals surface area contributed by atoms with Crippen LogP contribution in [-0.2, 0) is 9.53 Å². The molecule has 1 amide bonds. The number of carbonyl (C=O) groups excluding carboxylic acids is 1. The van der Waals surface area contributed by atoms with Crippen LogP contribution in [0.3, 0.4) is 0 Å². The minimum Gasteiger partial charge on any atom is -0.365 e. The predicted octanol–water partition coefficient (Wildman–Crippen LogP) is 1.35.